The first-order valence-electron chi connectivity index (χ1n) is 12.6. The van der Waals surface area contributed by atoms with Crippen molar-refractivity contribution in [1.82, 2.24) is 0 Å². The van der Waals surface area contributed by atoms with Crippen molar-refractivity contribution in [3.8, 4) is 5.75 Å². The maximum Gasteiger partial charge on any atom is 0.343 e. The molecule has 1 amide bonds. The van der Waals surface area contributed by atoms with E-state index in [1.807, 2.05) is 0 Å². The Kier molecular flexibility index (Phi) is 7.83. The number of anilines is 1. The van der Waals surface area contributed by atoms with Crippen molar-refractivity contribution in [3.63, 3.8) is 0 Å². The maximum absolute atomic E-state index is 13.9. The molecular formula is C30H18FN3O9S. The molecule has 0 N–H and O–H groups in total. The molecule has 0 saturated heterocycles. The molecule has 0 aliphatic heterocycles. The molecule has 0 spiro atoms. The van der Waals surface area contributed by atoms with Crippen molar-refractivity contribution in [1.29, 1.82) is 0 Å². The van der Waals surface area contributed by atoms with E-state index in [2.05, 4.69) is 0 Å². The maximum atomic E-state index is 13.9. The van der Waals surface area contributed by atoms with Crippen molar-refractivity contribution in [2.75, 3.05) is 4.31 Å². The van der Waals surface area contributed by atoms with Gasteiger partial charge in [0.2, 0.25) is 0 Å². The summed E-state index contributed by atoms with van der Waals surface area (Å²) in [4.78, 5) is 47.1. The number of fused-ring (bicyclic) bond motifs is 1. The number of nitro groups is 2. The first-order chi connectivity index (χ1) is 21.0. The van der Waals surface area contributed by atoms with Gasteiger partial charge in [0.15, 0.2) is 0 Å². The molecule has 12 nitrogen and oxygen atoms in total. The number of benzene rings is 5. The van der Waals surface area contributed by atoms with Gasteiger partial charge >= 0.3 is 5.97 Å². The summed E-state index contributed by atoms with van der Waals surface area (Å²) in [5, 5.41) is 22.5. The molecule has 14 heteroatoms. The minimum atomic E-state index is -4.71. The van der Waals surface area contributed by atoms with Crippen LogP contribution in [-0.2, 0) is 10.0 Å². The molecule has 5 rings (SSSR count). The van der Waals surface area contributed by atoms with Crippen LogP contribution in [0.3, 0.4) is 0 Å². The van der Waals surface area contributed by atoms with Gasteiger partial charge in [-0.2, -0.15) is 4.31 Å². The number of carbonyl (C=O) groups is 2. The van der Waals surface area contributed by atoms with Gasteiger partial charge < -0.3 is 4.74 Å². The zero-order valence-electron chi connectivity index (χ0n) is 22.2. The standard InChI is InChI=1S/C30H18FN3O9S/c31-21-9-15-24(16-10-21)44(41,42)32(29(35)19-5-11-22(12-6-19)33(37)38)27-17-18-28(26-4-2-1-3-25(26)27)43-30(36)20-7-13-23(14-8-20)34(39)40/h1-18H. The highest BCUT2D eigenvalue weighted by Crippen LogP contribution is 2.37. The topological polar surface area (TPSA) is 167 Å². The molecule has 0 aromatic heterocycles. The van der Waals surface area contributed by atoms with Gasteiger partial charge in [-0.15, -0.1) is 0 Å². The van der Waals surface area contributed by atoms with Crippen LogP contribution in [0.5, 0.6) is 5.75 Å². The average molecular weight is 616 g/mol. The van der Waals surface area contributed by atoms with Crippen molar-refractivity contribution < 1.29 is 37.0 Å². The second-order valence-electron chi connectivity index (χ2n) is 9.15. The third-order valence-corrected chi connectivity index (χ3v) is 8.17. The van der Waals surface area contributed by atoms with Gasteiger partial charge in [0.25, 0.3) is 27.3 Å². The zero-order chi connectivity index (χ0) is 31.6. The van der Waals surface area contributed by atoms with E-state index in [1.165, 1.54) is 36.4 Å². The number of ether oxygens (including phenoxy) is 1. The van der Waals surface area contributed by atoms with Crippen LogP contribution in [0.4, 0.5) is 21.5 Å². The van der Waals surface area contributed by atoms with Crippen molar-refractivity contribution in [2.45, 2.75) is 4.90 Å². The normalized spacial score (nSPS) is 11.1. The smallest absolute Gasteiger partial charge is 0.343 e. The average Bonchev–Trinajstić information content (AvgIpc) is 3.02. The van der Waals surface area contributed by atoms with Gasteiger partial charge in [-0.1, -0.05) is 24.3 Å². The number of carbonyl (C=O) groups excluding carboxylic acids is 2. The van der Waals surface area contributed by atoms with E-state index in [4.69, 9.17) is 4.74 Å². The van der Waals surface area contributed by atoms with Crippen molar-refractivity contribution in [3.05, 3.63) is 146 Å². The Morgan fingerprint density at radius 2 is 1.20 bits per heavy atom. The predicted octanol–water partition coefficient (Wildman–Crippen LogP) is 6.05. The molecule has 5 aromatic rings. The summed E-state index contributed by atoms with van der Waals surface area (Å²) >= 11 is 0. The van der Waals surface area contributed by atoms with E-state index in [0.717, 1.165) is 60.7 Å². The number of amides is 1. The fourth-order valence-electron chi connectivity index (χ4n) is 4.30. The molecule has 0 aliphatic carbocycles. The Balaban J connectivity index is 1.62. The van der Waals surface area contributed by atoms with Crippen molar-refractivity contribution in [2.24, 2.45) is 0 Å². The molecule has 0 atom stereocenters. The second kappa shape index (κ2) is 11.7. The number of non-ortho nitro benzene ring substituents is 2. The summed E-state index contributed by atoms with van der Waals surface area (Å²) in [6, 6.07) is 21.5. The van der Waals surface area contributed by atoms with E-state index >= 15 is 0 Å². The number of hydrogen-bond acceptors (Lipinski definition) is 9. The molecule has 0 heterocycles. The van der Waals surface area contributed by atoms with Crippen LogP contribution in [0, 0.1) is 26.0 Å². The molecule has 5 aromatic carbocycles. The molecule has 0 radical (unpaired) electrons. The highest BCUT2D eigenvalue weighted by Gasteiger charge is 2.34. The van der Waals surface area contributed by atoms with Gasteiger partial charge in [-0.3, -0.25) is 25.0 Å². The molecule has 0 aliphatic rings. The lowest BCUT2D eigenvalue weighted by molar-refractivity contribution is -0.385. The molecular weight excluding hydrogens is 597 g/mol. The highest BCUT2D eigenvalue weighted by molar-refractivity contribution is 7.93. The SMILES string of the molecule is O=C(Oc1ccc(N(C(=O)c2ccc([N+](=O)[O-])cc2)S(=O)(=O)c2ccc(F)cc2)c2ccccc12)c1ccc([N+](=O)[O-])cc1. The Hall–Kier alpha value is -6.02. The third-order valence-electron chi connectivity index (χ3n) is 6.46. The lowest BCUT2D eigenvalue weighted by atomic mass is 10.1. The Morgan fingerprint density at radius 3 is 1.75 bits per heavy atom. The Morgan fingerprint density at radius 1 is 0.682 bits per heavy atom. The largest absolute Gasteiger partial charge is 0.422 e. The van der Waals surface area contributed by atoms with Crippen LogP contribution in [0.25, 0.3) is 10.8 Å². The first-order valence-corrected chi connectivity index (χ1v) is 14.0. The summed E-state index contributed by atoms with van der Waals surface area (Å²) in [6.07, 6.45) is 0. The number of hydrogen-bond donors (Lipinski definition) is 0. The summed E-state index contributed by atoms with van der Waals surface area (Å²) < 4.78 is 47.6. The van der Waals surface area contributed by atoms with E-state index in [9.17, 15) is 42.6 Å². The minimum Gasteiger partial charge on any atom is -0.422 e. The quantitative estimate of drug-likeness (QED) is 0.0873. The number of esters is 1. The Bertz CT molecular complexity index is 2050. The van der Waals surface area contributed by atoms with Gasteiger partial charge in [-0.25, -0.2) is 17.6 Å². The summed E-state index contributed by atoms with van der Waals surface area (Å²) in [6.45, 7) is 0. The lowest BCUT2D eigenvalue weighted by Gasteiger charge is -2.25. The van der Waals surface area contributed by atoms with Gasteiger partial charge in [-0.05, 0) is 60.7 Å². The highest BCUT2D eigenvalue weighted by atomic mass is 32.2. The van der Waals surface area contributed by atoms with Gasteiger partial charge in [0.05, 0.1) is 26.0 Å². The van der Waals surface area contributed by atoms with E-state index in [1.54, 1.807) is 12.1 Å². The minimum absolute atomic E-state index is 0.00498. The van der Waals surface area contributed by atoms with Crippen LogP contribution in [0.15, 0.2) is 114 Å². The number of rotatable bonds is 8. The van der Waals surface area contributed by atoms with Crippen LogP contribution >= 0.6 is 0 Å². The van der Waals surface area contributed by atoms with Crippen molar-refractivity contribution >= 4 is 49.7 Å². The second-order valence-corrected chi connectivity index (χ2v) is 10.9. The molecule has 0 fully saturated rings. The van der Waals surface area contributed by atoms with E-state index in [-0.39, 0.29) is 44.7 Å². The molecule has 0 unspecified atom stereocenters. The predicted molar refractivity (Wildman–Crippen MR) is 155 cm³/mol. The van der Waals surface area contributed by atoms with Crippen LogP contribution < -0.4 is 9.04 Å². The molecule has 0 bridgehead atoms. The van der Waals surface area contributed by atoms with Gasteiger partial charge in [0, 0.05) is 40.6 Å². The molecule has 0 saturated carbocycles. The fraction of sp³-hybridized carbons (Fsp3) is 0. The van der Waals surface area contributed by atoms with Crippen LogP contribution in [-0.4, -0.2) is 30.1 Å². The summed E-state index contributed by atoms with van der Waals surface area (Å²) in [5.74, 6) is -2.63. The monoisotopic (exact) mass is 615 g/mol. The number of halogens is 1. The van der Waals surface area contributed by atoms with E-state index < -0.39 is 42.5 Å². The number of nitrogens with zero attached hydrogens (tertiary/aromatic N) is 3. The number of sulfonamides is 1. The summed E-state index contributed by atoms with van der Waals surface area (Å²) in [5.41, 5.74) is -0.879. The first kappa shape index (κ1) is 29.5. The Labute approximate surface area is 247 Å². The van der Waals surface area contributed by atoms with Gasteiger partial charge in [0.1, 0.15) is 11.6 Å². The number of nitro benzene ring substituents is 2. The van der Waals surface area contributed by atoms with E-state index in [0.29, 0.717) is 4.31 Å². The molecule has 44 heavy (non-hydrogen) atoms. The van der Waals surface area contributed by atoms with Crippen LogP contribution in [0.2, 0.25) is 0 Å². The van der Waals surface area contributed by atoms with Crippen LogP contribution in [0.1, 0.15) is 20.7 Å². The third kappa shape index (κ3) is 5.69. The summed E-state index contributed by atoms with van der Waals surface area (Å²) in [7, 11) is -4.71. The fourth-order valence-corrected chi connectivity index (χ4v) is 5.74. The molecule has 220 valence electrons. The lowest BCUT2D eigenvalue weighted by Crippen LogP contribution is -2.37. The zero-order valence-corrected chi connectivity index (χ0v) is 23.0.